The molecule has 0 unspecified atom stereocenters. The van der Waals surface area contributed by atoms with Crippen molar-refractivity contribution in [2.45, 2.75) is 26.6 Å². The van der Waals surface area contributed by atoms with Crippen molar-refractivity contribution in [1.29, 1.82) is 0 Å². The van der Waals surface area contributed by atoms with Gasteiger partial charge in [-0.2, -0.15) is 0 Å². The van der Waals surface area contributed by atoms with E-state index in [9.17, 15) is 4.79 Å². The van der Waals surface area contributed by atoms with Crippen LogP contribution in [0.1, 0.15) is 23.6 Å². The van der Waals surface area contributed by atoms with Crippen LogP contribution in [0.5, 0.6) is 5.75 Å². The number of amides is 2. The molecule has 6 heteroatoms. The van der Waals surface area contributed by atoms with Crippen molar-refractivity contribution >= 4 is 6.03 Å². The van der Waals surface area contributed by atoms with E-state index in [0.29, 0.717) is 19.7 Å². The molecule has 2 N–H and O–H groups in total. The summed E-state index contributed by atoms with van der Waals surface area (Å²) in [5.41, 5.74) is 3.39. The Hall–Kier alpha value is -2.57. The van der Waals surface area contributed by atoms with Crippen LogP contribution >= 0.6 is 0 Å². The summed E-state index contributed by atoms with van der Waals surface area (Å²) in [5.74, 6) is 0.819. The summed E-state index contributed by atoms with van der Waals surface area (Å²) in [6.45, 7) is 7.89. The van der Waals surface area contributed by atoms with E-state index in [-0.39, 0.29) is 6.03 Å². The SMILES string of the molecule is CCOc1cccc(CNC(=O)NCc2ccccc2CN2CCOCC2)c1. The Kier molecular flexibility index (Phi) is 7.70. The zero-order valence-corrected chi connectivity index (χ0v) is 16.4. The molecule has 1 fully saturated rings. The van der Waals surface area contributed by atoms with Gasteiger partial charge in [0.25, 0.3) is 0 Å². The third-order valence-electron chi connectivity index (χ3n) is 4.72. The second-order valence-electron chi connectivity index (χ2n) is 6.77. The number of ether oxygens (including phenoxy) is 2. The predicted octanol–water partition coefficient (Wildman–Crippen LogP) is 2.92. The van der Waals surface area contributed by atoms with Crippen LogP contribution in [0.15, 0.2) is 48.5 Å². The summed E-state index contributed by atoms with van der Waals surface area (Å²) in [4.78, 5) is 14.6. The minimum absolute atomic E-state index is 0.178. The summed E-state index contributed by atoms with van der Waals surface area (Å²) in [5, 5.41) is 5.87. The normalized spacial score (nSPS) is 14.5. The number of urea groups is 1. The van der Waals surface area contributed by atoms with E-state index in [1.54, 1.807) is 0 Å². The molecule has 6 nitrogen and oxygen atoms in total. The van der Waals surface area contributed by atoms with Crippen LogP contribution in [0.3, 0.4) is 0 Å². The van der Waals surface area contributed by atoms with E-state index < -0.39 is 0 Å². The van der Waals surface area contributed by atoms with E-state index in [1.165, 1.54) is 5.56 Å². The highest BCUT2D eigenvalue weighted by Crippen LogP contribution is 2.14. The zero-order valence-electron chi connectivity index (χ0n) is 16.4. The summed E-state index contributed by atoms with van der Waals surface area (Å²) < 4.78 is 10.9. The molecule has 1 aliphatic rings. The summed E-state index contributed by atoms with van der Waals surface area (Å²) in [6, 6.07) is 15.8. The molecule has 1 saturated heterocycles. The molecule has 0 spiro atoms. The van der Waals surface area contributed by atoms with Crippen molar-refractivity contribution < 1.29 is 14.3 Å². The average Bonchev–Trinajstić information content (AvgIpc) is 2.73. The van der Waals surface area contributed by atoms with Crippen molar-refractivity contribution in [2.75, 3.05) is 32.9 Å². The molecule has 0 aromatic heterocycles. The highest BCUT2D eigenvalue weighted by atomic mass is 16.5. The van der Waals surface area contributed by atoms with Crippen molar-refractivity contribution in [1.82, 2.24) is 15.5 Å². The van der Waals surface area contributed by atoms with Gasteiger partial charge in [-0.05, 0) is 35.7 Å². The lowest BCUT2D eigenvalue weighted by molar-refractivity contribution is 0.0341. The number of carbonyl (C=O) groups is 1. The first kappa shape index (κ1) is 20.2. The molecule has 0 saturated carbocycles. The molecule has 0 aliphatic carbocycles. The van der Waals surface area contributed by atoms with E-state index in [4.69, 9.17) is 9.47 Å². The average molecular weight is 383 g/mol. The van der Waals surface area contributed by atoms with Crippen molar-refractivity contribution in [3.63, 3.8) is 0 Å². The number of hydrogen-bond donors (Lipinski definition) is 2. The molecule has 1 aliphatic heterocycles. The summed E-state index contributed by atoms with van der Waals surface area (Å²) in [6.07, 6.45) is 0. The third-order valence-corrected chi connectivity index (χ3v) is 4.72. The monoisotopic (exact) mass is 383 g/mol. The van der Waals surface area contributed by atoms with Crippen LogP contribution in [-0.2, 0) is 24.4 Å². The number of rotatable bonds is 8. The van der Waals surface area contributed by atoms with Gasteiger partial charge in [0.2, 0.25) is 0 Å². The quantitative estimate of drug-likeness (QED) is 0.736. The standard InChI is InChI=1S/C22H29N3O3/c1-2-28-21-9-5-6-18(14-21)15-23-22(26)24-16-19-7-3-4-8-20(19)17-25-10-12-27-13-11-25/h3-9,14H,2,10-13,15-17H2,1H3,(H2,23,24,26). The number of carbonyl (C=O) groups excluding carboxylic acids is 1. The van der Waals surface area contributed by atoms with E-state index in [0.717, 1.165) is 49.7 Å². The van der Waals surface area contributed by atoms with Crippen molar-refractivity contribution in [2.24, 2.45) is 0 Å². The Morgan fingerprint density at radius 2 is 1.79 bits per heavy atom. The van der Waals surface area contributed by atoms with Gasteiger partial charge < -0.3 is 20.1 Å². The Labute approximate surface area is 166 Å². The number of nitrogens with zero attached hydrogens (tertiary/aromatic N) is 1. The van der Waals surface area contributed by atoms with Crippen LogP contribution in [0.2, 0.25) is 0 Å². The zero-order chi connectivity index (χ0) is 19.6. The fourth-order valence-corrected chi connectivity index (χ4v) is 3.22. The smallest absolute Gasteiger partial charge is 0.315 e. The molecule has 3 rings (SSSR count). The Morgan fingerprint density at radius 1 is 1.04 bits per heavy atom. The minimum Gasteiger partial charge on any atom is -0.494 e. The largest absolute Gasteiger partial charge is 0.494 e. The van der Waals surface area contributed by atoms with Gasteiger partial charge >= 0.3 is 6.03 Å². The van der Waals surface area contributed by atoms with Gasteiger partial charge in [0.15, 0.2) is 0 Å². The first-order valence-corrected chi connectivity index (χ1v) is 9.85. The molecule has 2 amide bonds. The molecule has 0 radical (unpaired) electrons. The fourth-order valence-electron chi connectivity index (χ4n) is 3.22. The molecule has 28 heavy (non-hydrogen) atoms. The van der Waals surface area contributed by atoms with Crippen LogP contribution in [0.4, 0.5) is 4.79 Å². The Bertz CT molecular complexity index is 760. The predicted molar refractivity (Wildman–Crippen MR) is 109 cm³/mol. The number of nitrogens with one attached hydrogen (secondary N) is 2. The maximum Gasteiger partial charge on any atom is 0.315 e. The van der Waals surface area contributed by atoms with Gasteiger partial charge in [-0.15, -0.1) is 0 Å². The van der Waals surface area contributed by atoms with Crippen LogP contribution in [-0.4, -0.2) is 43.8 Å². The molecular formula is C22H29N3O3. The van der Waals surface area contributed by atoms with Crippen molar-refractivity contribution in [3.05, 3.63) is 65.2 Å². The lowest BCUT2D eigenvalue weighted by Crippen LogP contribution is -2.37. The third kappa shape index (κ3) is 6.25. The maximum absolute atomic E-state index is 12.2. The van der Waals surface area contributed by atoms with Gasteiger partial charge in [0.1, 0.15) is 5.75 Å². The van der Waals surface area contributed by atoms with Gasteiger partial charge in [-0.3, -0.25) is 4.90 Å². The molecule has 0 bridgehead atoms. The number of hydrogen-bond acceptors (Lipinski definition) is 4. The minimum atomic E-state index is -0.178. The maximum atomic E-state index is 12.2. The number of morpholine rings is 1. The second kappa shape index (κ2) is 10.7. The lowest BCUT2D eigenvalue weighted by atomic mass is 10.1. The van der Waals surface area contributed by atoms with E-state index >= 15 is 0 Å². The Morgan fingerprint density at radius 3 is 2.57 bits per heavy atom. The highest BCUT2D eigenvalue weighted by Gasteiger charge is 2.13. The van der Waals surface area contributed by atoms with Gasteiger partial charge in [-0.1, -0.05) is 36.4 Å². The van der Waals surface area contributed by atoms with Crippen LogP contribution in [0, 0.1) is 0 Å². The molecule has 150 valence electrons. The molecular weight excluding hydrogens is 354 g/mol. The topological polar surface area (TPSA) is 62.8 Å². The fraction of sp³-hybridized carbons (Fsp3) is 0.409. The van der Waals surface area contributed by atoms with Crippen LogP contribution < -0.4 is 15.4 Å². The van der Waals surface area contributed by atoms with E-state index in [2.05, 4.69) is 27.7 Å². The van der Waals surface area contributed by atoms with E-state index in [1.807, 2.05) is 43.3 Å². The van der Waals surface area contributed by atoms with Gasteiger partial charge in [0.05, 0.1) is 19.8 Å². The molecule has 0 atom stereocenters. The first-order chi connectivity index (χ1) is 13.7. The Balaban J connectivity index is 1.48. The second-order valence-corrected chi connectivity index (χ2v) is 6.77. The molecule has 2 aromatic carbocycles. The summed E-state index contributed by atoms with van der Waals surface area (Å²) in [7, 11) is 0. The van der Waals surface area contributed by atoms with Gasteiger partial charge in [0, 0.05) is 32.7 Å². The van der Waals surface area contributed by atoms with Crippen LogP contribution in [0.25, 0.3) is 0 Å². The highest BCUT2D eigenvalue weighted by molar-refractivity contribution is 5.73. The molecule has 1 heterocycles. The summed E-state index contributed by atoms with van der Waals surface area (Å²) >= 11 is 0. The number of benzene rings is 2. The van der Waals surface area contributed by atoms with Crippen molar-refractivity contribution in [3.8, 4) is 5.75 Å². The lowest BCUT2D eigenvalue weighted by Gasteiger charge is -2.27. The first-order valence-electron chi connectivity index (χ1n) is 9.85. The van der Waals surface area contributed by atoms with Gasteiger partial charge in [-0.25, -0.2) is 4.79 Å². The molecule has 2 aromatic rings.